The highest BCUT2D eigenvalue weighted by Gasteiger charge is 2.33. The molecule has 1 amide bonds. The topological polar surface area (TPSA) is 157 Å². The molecule has 0 bridgehead atoms. The molecule has 1 saturated carbocycles. The van der Waals surface area contributed by atoms with E-state index in [0.29, 0.717) is 12.5 Å². The van der Waals surface area contributed by atoms with Gasteiger partial charge in [0.25, 0.3) is 11.5 Å². The van der Waals surface area contributed by atoms with Crippen molar-refractivity contribution in [1.29, 1.82) is 0 Å². The second kappa shape index (κ2) is 11.7. The third-order valence-electron chi connectivity index (χ3n) is 6.06. The Labute approximate surface area is 214 Å². The maximum Gasteiger partial charge on any atom is 0.433 e. The summed E-state index contributed by atoms with van der Waals surface area (Å²) >= 11 is 0. The summed E-state index contributed by atoms with van der Waals surface area (Å²) in [4.78, 5) is 33.1. The predicted molar refractivity (Wildman–Crippen MR) is 125 cm³/mol. The number of hydrogen-bond donors (Lipinski definition) is 3. The molecule has 12 nitrogen and oxygen atoms in total. The first-order chi connectivity index (χ1) is 18.1. The van der Waals surface area contributed by atoms with E-state index in [1.165, 1.54) is 16.9 Å². The van der Waals surface area contributed by atoms with E-state index in [1.807, 2.05) is 0 Å². The van der Waals surface area contributed by atoms with Gasteiger partial charge in [-0.3, -0.25) is 14.3 Å². The number of halogens is 3. The lowest BCUT2D eigenvalue weighted by atomic mass is 9.98. The van der Waals surface area contributed by atoms with Gasteiger partial charge >= 0.3 is 12.2 Å². The summed E-state index contributed by atoms with van der Waals surface area (Å²) in [6.45, 7) is -0.421. The Hall–Kier alpha value is -3.85. The number of carbonyl (C=O) groups excluding carboxylic acids is 1. The highest BCUT2D eigenvalue weighted by atomic mass is 19.4. The molecule has 0 aliphatic heterocycles. The van der Waals surface area contributed by atoms with E-state index in [0.717, 1.165) is 48.8 Å². The Morgan fingerprint density at radius 1 is 1.26 bits per heavy atom. The van der Waals surface area contributed by atoms with Gasteiger partial charge in [0.05, 0.1) is 25.5 Å². The maximum atomic E-state index is 13.2. The maximum absolute atomic E-state index is 13.2. The van der Waals surface area contributed by atoms with Gasteiger partial charge in [-0.25, -0.2) is 9.67 Å². The number of hydrogen-bond acceptors (Lipinski definition) is 9. The van der Waals surface area contributed by atoms with Crippen molar-refractivity contribution < 1.29 is 32.9 Å². The first kappa shape index (κ1) is 27.2. The summed E-state index contributed by atoms with van der Waals surface area (Å²) in [7, 11) is 0. The minimum absolute atomic E-state index is 0.0238. The smallest absolute Gasteiger partial charge is 0.422 e. The Morgan fingerprint density at radius 2 is 2.03 bits per heavy atom. The number of aliphatic hydroxyl groups excluding tert-OH is 2. The van der Waals surface area contributed by atoms with Crippen molar-refractivity contribution in [2.24, 2.45) is 5.92 Å². The van der Waals surface area contributed by atoms with E-state index in [9.17, 15) is 27.9 Å². The monoisotopic (exact) mass is 537 g/mol. The van der Waals surface area contributed by atoms with Crippen LogP contribution in [0.25, 0.3) is 0 Å². The zero-order chi connectivity index (χ0) is 27.3. The number of carbonyl (C=O) groups is 1. The van der Waals surface area contributed by atoms with Gasteiger partial charge in [-0.1, -0.05) is 25.7 Å². The molecule has 1 aliphatic rings. The summed E-state index contributed by atoms with van der Waals surface area (Å²) in [5, 5.41) is 29.4. The summed E-state index contributed by atoms with van der Waals surface area (Å²) in [6.07, 6.45) is 1.98. The second-order valence-electron chi connectivity index (χ2n) is 8.95. The van der Waals surface area contributed by atoms with E-state index in [-0.39, 0.29) is 24.0 Å². The van der Waals surface area contributed by atoms with E-state index in [2.05, 4.69) is 25.5 Å². The Kier molecular flexibility index (Phi) is 8.36. The summed E-state index contributed by atoms with van der Waals surface area (Å²) in [5.74, 6) is -0.335. The van der Waals surface area contributed by atoms with Crippen molar-refractivity contribution >= 4 is 11.7 Å². The lowest BCUT2D eigenvalue weighted by Crippen LogP contribution is -2.36. The number of nitrogens with one attached hydrogen (secondary N) is 1. The molecule has 38 heavy (non-hydrogen) atoms. The fraction of sp³-hybridized carbons (Fsp3) is 0.478. The molecular weight excluding hydrogens is 511 g/mol. The molecular formula is C23H26F3N7O5. The number of alkyl halides is 3. The summed E-state index contributed by atoms with van der Waals surface area (Å²) in [5.41, 5.74) is -1.91. The van der Waals surface area contributed by atoms with Crippen LogP contribution in [0.4, 0.5) is 19.0 Å². The highest BCUT2D eigenvalue weighted by Crippen LogP contribution is 2.32. The molecule has 3 heterocycles. The molecule has 0 aromatic carbocycles. The normalized spacial score (nSPS) is 15.8. The molecule has 204 valence electrons. The Morgan fingerprint density at radius 3 is 2.71 bits per heavy atom. The van der Waals surface area contributed by atoms with Crippen molar-refractivity contribution in [3.05, 3.63) is 52.8 Å². The lowest BCUT2D eigenvalue weighted by molar-refractivity contribution is -0.141. The molecule has 0 radical (unpaired) electrons. The van der Waals surface area contributed by atoms with Crippen LogP contribution in [0.15, 0.2) is 41.6 Å². The van der Waals surface area contributed by atoms with Crippen LogP contribution in [0.5, 0.6) is 11.8 Å². The van der Waals surface area contributed by atoms with Crippen molar-refractivity contribution in [3.63, 3.8) is 0 Å². The first-order valence-corrected chi connectivity index (χ1v) is 11.9. The van der Waals surface area contributed by atoms with Gasteiger partial charge in [-0.2, -0.15) is 28.4 Å². The standard InChI is InChI=1S/C23H26F3N7O5/c24-23(25,26)18-5-7-27-22(29-18)38-16-10-20(36)33(28-11-16)17(9-14-3-1-2-4-14)21(37)30-19-6-8-32(31-19)12-15(35)13-34/h5-8,10-11,14-15,17,34-35H,1-4,9,12-13H2,(H,30,31,37). The predicted octanol–water partition coefficient (Wildman–Crippen LogP) is 2.15. The first-order valence-electron chi connectivity index (χ1n) is 11.9. The molecule has 0 spiro atoms. The zero-order valence-electron chi connectivity index (χ0n) is 20.1. The molecule has 3 N–H and O–H groups in total. The van der Waals surface area contributed by atoms with E-state index >= 15 is 0 Å². The van der Waals surface area contributed by atoms with Gasteiger partial charge in [0.15, 0.2) is 17.3 Å². The average Bonchev–Trinajstić information content (AvgIpc) is 3.54. The van der Waals surface area contributed by atoms with Crippen molar-refractivity contribution in [2.45, 2.75) is 57.0 Å². The van der Waals surface area contributed by atoms with Crippen LogP contribution in [0.1, 0.15) is 43.8 Å². The van der Waals surface area contributed by atoms with Crippen LogP contribution in [-0.2, 0) is 17.5 Å². The minimum atomic E-state index is -4.70. The van der Waals surface area contributed by atoms with Gasteiger partial charge in [-0.15, -0.1) is 0 Å². The number of rotatable bonds is 10. The van der Waals surface area contributed by atoms with Crippen LogP contribution >= 0.6 is 0 Å². The molecule has 2 unspecified atom stereocenters. The fourth-order valence-corrected chi connectivity index (χ4v) is 4.24. The van der Waals surface area contributed by atoms with Crippen molar-refractivity contribution in [1.82, 2.24) is 29.5 Å². The van der Waals surface area contributed by atoms with Crippen LogP contribution in [0.2, 0.25) is 0 Å². The lowest BCUT2D eigenvalue weighted by Gasteiger charge is -2.21. The Balaban J connectivity index is 1.53. The molecule has 1 fully saturated rings. The number of aromatic nitrogens is 6. The minimum Gasteiger partial charge on any atom is -0.422 e. The quantitative estimate of drug-likeness (QED) is 0.352. The molecule has 1 aliphatic carbocycles. The van der Waals surface area contributed by atoms with Crippen molar-refractivity contribution in [2.75, 3.05) is 11.9 Å². The van der Waals surface area contributed by atoms with E-state index < -0.39 is 48.1 Å². The van der Waals surface area contributed by atoms with E-state index in [4.69, 9.17) is 9.84 Å². The molecule has 3 aromatic heterocycles. The Bertz CT molecular complexity index is 1310. The number of amides is 1. The van der Waals surface area contributed by atoms with Gasteiger partial charge in [0.1, 0.15) is 6.04 Å². The number of ether oxygens (including phenoxy) is 1. The van der Waals surface area contributed by atoms with Crippen LogP contribution in [-0.4, -0.2) is 58.4 Å². The third kappa shape index (κ3) is 6.92. The third-order valence-corrected chi connectivity index (χ3v) is 6.06. The number of aliphatic hydroxyl groups is 2. The molecule has 4 rings (SSSR count). The van der Waals surface area contributed by atoms with E-state index in [1.54, 1.807) is 0 Å². The summed E-state index contributed by atoms with van der Waals surface area (Å²) in [6, 6.07) is 1.60. The average molecular weight is 537 g/mol. The highest BCUT2D eigenvalue weighted by molar-refractivity contribution is 5.92. The largest absolute Gasteiger partial charge is 0.433 e. The SMILES string of the molecule is O=C(Nc1ccn(CC(O)CO)n1)C(CC1CCCC1)n1ncc(Oc2nccc(C(F)(F)F)n2)cc1=O. The van der Waals surface area contributed by atoms with Gasteiger partial charge in [-0.05, 0) is 18.4 Å². The molecule has 3 aromatic rings. The van der Waals surface area contributed by atoms with Crippen LogP contribution in [0, 0.1) is 5.92 Å². The van der Waals surface area contributed by atoms with Gasteiger partial charge in [0.2, 0.25) is 0 Å². The molecule has 2 atom stereocenters. The van der Waals surface area contributed by atoms with Crippen LogP contribution < -0.4 is 15.6 Å². The fourth-order valence-electron chi connectivity index (χ4n) is 4.24. The summed E-state index contributed by atoms with van der Waals surface area (Å²) < 4.78 is 46.3. The molecule has 15 heteroatoms. The van der Waals surface area contributed by atoms with Gasteiger partial charge in [0, 0.05) is 24.5 Å². The zero-order valence-corrected chi connectivity index (χ0v) is 20.1. The molecule has 0 saturated heterocycles. The number of nitrogens with zero attached hydrogens (tertiary/aromatic N) is 6. The second-order valence-corrected chi connectivity index (χ2v) is 8.95. The van der Waals surface area contributed by atoms with Crippen molar-refractivity contribution in [3.8, 4) is 11.8 Å². The van der Waals surface area contributed by atoms with Crippen LogP contribution in [0.3, 0.4) is 0 Å². The number of anilines is 1. The van der Waals surface area contributed by atoms with Gasteiger partial charge < -0.3 is 20.3 Å².